The number of anilines is 1. The van der Waals surface area contributed by atoms with Crippen molar-refractivity contribution in [2.24, 2.45) is 0 Å². The number of amides is 1. The molecule has 0 aliphatic heterocycles. The van der Waals surface area contributed by atoms with Crippen molar-refractivity contribution in [2.45, 2.75) is 26.2 Å². The molecule has 2 N–H and O–H groups in total. The molecule has 0 saturated carbocycles. The van der Waals surface area contributed by atoms with Gasteiger partial charge in [-0.3, -0.25) is 9.78 Å². The summed E-state index contributed by atoms with van der Waals surface area (Å²) in [6.07, 6.45) is 5.46. The number of carbonyl (C=O) groups excluding carboxylic acids is 1. The van der Waals surface area contributed by atoms with Crippen LogP contribution in [0.2, 0.25) is 0 Å². The Labute approximate surface area is 163 Å². The quantitative estimate of drug-likeness (QED) is 0.507. The van der Waals surface area contributed by atoms with Crippen LogP contribution in [0.1, 0.15) is 24.0 Å². The Balaban J connectivity index is 1.54. The van der Waals surface area contributed by atoms with Gasteiger partial charge in [-0.1, -0.05) is 23.8 Å². The van der Waals surface area contributed by atoms with Gasteiger partial charge in [0, 0.05) is 29.7 Å². The molecular formula is C23H22N4O. The number of pyridine rings is 2. The second-order valence-electron chi connectivity index (χ2n) is 6.86. The Morgan fingerprint density at radius 3 is 2.61 bits per heavy atom. The molecule has 3 heterocycles. The Morgan fingerprint density at radius 2 is 1.86 bits per heavy atom. The molecular weight excluding hydrogens is 348 g/mol. The van der Waals surface area contributed by atoms with E-state index in [2.05, 4.69) is 45.4 Å². The van der Waals surface area contributed by atoms with Gasteiger partial charge < -0.3 is 10.3 Å². The van der Waals surface area contributed by atoms with Crippen LogP contribution >= 0.6 is 0 Å². The summed E-state index contributed by atoms with van der Waals surface area (Å²) in [5.41, 5.74) is 5.48. The molecule has 0 radical (unpaired) electrons. The third kappa shape index (κ3) is 3.93. The van der Waals surface area contributed by atoms with Crippen molar-refractivity contribution in [1.29, 1.82) is 0 Å². The van der Waals surface area contributed by atoms with Crippen LogP contribution in [0.25, 0.3) is 22.3 Å². The number of hydrogen-bond donors (Lipinski definition) is 2. The highest BCUT2D eigenvalue weighted by Gasteiger charge is 2.14. The maximum atomic E-state index is 12.2. The Kier molecular flexibility index (Phi) is 5.15. The molecule has 0 bridgehead atoms. The van der Waals surface area contributed by atoms with E-state index in [4.69, 9.17) is 0 Å². The van der Waals surface area contributed by atoms with Crippen molar-refractivity contribution < 1.29 is 4.79 Å². The van der Waals surface area contributed by atoms with E-state index in [1.54, 1.807) is 18.5 Å². The van der Waals surface area contributed by atoms with Gasteiger partial charge in [0.25, 0.3) is 0 Å². The normalized spacial score (nSPS) is 10.9. The number of nitrogens with one attached hydrogen (secondary N) is 2. The van der Waals surface area contributed by atoms with Crippen LogP contribution in [-0.2, 0) is 11.2 Å². The standard InChI is InChI=1S/C23H22N4O/c1-16-11-12-19-18(15-16)17(23(26-19)20-8-2-4-13-24-20)7-6-10-22(28)27-21-9-3-5-14-25-21/h2-5,8-9,11-15,26H,6-7,10H2,1H3,(H,25,27,28). The topological polar surface area (TPSA) is 70.7 Å². The molecule has 0 saturated heterocycles. The number of H-pyrrole nitrogens is 1. The molecule has 0 fully saturated rings. The van der Waals surface area contributed by atoms with Crippen LogP contribution in [0.4, 0.5) is 5.82 Å². The fourth-order valence-electron chi connectivity index (χ4n) is 3.42. The molecule has 3 aromatic heterocycles. The van der Waals surface area contributed by atoms with E-state index in [0.29, 0.717) is 12.2 Å². The Bertz CT molecular complexity index is 1090. The second kappa shape index (κ2) is 8.05. The van der Waals surface area contributed by atoms with Crippen LogP contribution in [0, 0.1) is 6.92 Å². The summed E-state index contributed by atoms with van der Waals surface area (Å²) in [5, 5.41) is 4.04. The number of rotatable bonds is 6. The van der Waals surface area contributed by atoms with Crippen molar-refractivity contribution in [3.8, 4) is 11.4 Å². The molecule has 1 aromatic carbocycles. The summed E-state index contributed by atoms with van der Waals surface area (Å²) in [5.74, 6) is 0.568. The lowest BCUT2D eigenvalue weighted by atomic mass is 10.0. The lowest BCUT2D eigenvalue weighted by Gasteiger charge is -2.06. The van der Waals surface area contributed by atoms with Crippen LogP contribution in [0.5, 0.6) is 0 Å². The third-order valence-electron chi connectivity index (χ3n) is 4.75. The number of hydrogen-bond acceptors (Lipinski definition) is 3. The number of nitrogens with zero attached hydrogens (tertiary/aromatic N) is 2. The van der Waals surface area contributed by atoms with Gasteiger partial charge in [0.1, 0.15) is 5.82 Å². The predicted molar refractivity (Wildman–Crippen MR) is 112 cm³/mol. The van der Waals surface area contributed by atoms with Crippen LogP contribution in [0.3, 0.4) is 0 Å². The zero-order chi connectivity index (χ0) is 19.3. The second-order valence-corrected chi connectivity index (χ2v) is 6.86. The summed E-state index contributed by atoms with van der Waals surface area (Å²) in [4.78, 5) is 24.4. The van der Waals surface area contributed by atoms with Gasteiger partial charge in [-0.25, -0.2) is 4.98 Å². The zero-order valence-corrected chi connectivity index (χ0v) is 15.8. The molecule has 1 amide bonds. The average Bonchev–Trinajstić information content (AvgIpc) is 3.07. The largest absolute Gasteiger partial charge is 0.353 e. The molecule has 140 valence electrons. The van der Waals surface area contributed by atoms with E-state index in [1.807, 2.05) is 30.3 Å². The van der Waals surface area contributed by atoms with Crippen LogP contribution in [-0.4, -0.2) is 20.9 Å². The zero-order valence-electron chi connectivity index (χ0n) is 15.8. The van der Waals surface area contributed by atoms with Gasteiger partial charge in [0.15, 0.2) is 0 Å². The predicted octanol–water partition coefficient (Wildman–Crippen LogP) is 4.89. The summed E-state index contributed by atoms with van der Waals surface area (Å²) in [6, 6.07) is 17.8. The Hall–Kier alpha value is -3.47. The number of aryl methyl sites for hydroxylation is 2. The first-order valence-electron chi connectivity index (χ1n) is 9.44. The lowest BCUT2D eigenvalue weighted by molar-refractivity contribution is -0.116. The smallest absolute Gasteiger partial charge is 0.225 e. The third-order valence-corrected chi connectivity index (χ3v) is 4.75. The first-order chi connectivity index (χ1) is 13.7. The van der Waals surface area contributed by atoms with E-state index in [-0.39, 0.29) is 5.91 Å². The summed E-state index contributed by atoms with van der Waals surface area (Å²) >= 11 is 0. The molecule has 0 aliphatic carbocycles. The van der Waals surface area contributed by atoms with Crippen LogP contribution in [0.15, 0.2) is 67.0 Å². The van der Waals surface area contributed by atoms with Crippen molar-refractivity contribution in [3.05, 3.63) is 78.1 Å². The molecule has 4 aromatic rings. The molecule has 4 rings (SSSR count). The highest BCUT2D eigenvalue weighted by Crippen LogP contribution is 2.31. The van der Waals surface area contributed by atoms with E-state index >= 15 is 0 Å². The van der Waals surface area contributed by atoms with Gasteiger partial charge in [0.2, 0.25) is 5.91 Å². The van der Waals surface area contributed by atoms with E-state index < -0.39 is 0 Å². The highest BCUT2D eigenvalue weighted by atomic mass is 16.1. The van der Waals surface area contributed by atoms with E-state index in [1.165, 1.54) is 16.5 Å². The van der Waals surface area contributed by atoms with Crippen molar-refractivity contribution in [1.82, 2.24) is 15.0 Å². The van der Waals surface area contributed by atoms with Crippen molar-refractivity contribution >= 4 is 22.6 Å². The Morgan fingerprint density at radius 1 is 1.04 bits per heavy atom. The monoisotopic (exact) mass is 370 g/mol. The molecule has 5 nitrogen and oxygen atoms in total. The minimum Gasteiger partial charge on any atom is -0.353 e. The SMILES string of the molecule is Cc1ccc2[nH]c(-c3ccccn3)c(CCCC(=O)Nc3ccccn3)c2c1. The van der Waals surface area contributed by atoms with Gasteiger partial charge in [0.05, 0.1) is 11.4 Å². The molecule has 0 atom stereocenters. The molecule has 0 spiro atoms. The number of carbonyl (C=O) groups is 1. The van der Waals surface area contributed by atoms with Gasteiger partial charge >= 0.3 is 0 Å². The average molecular weight is 370 g/mol. The van der Waals surface area contributed by atoms with E-state index in [0.717, 1.165) is 29.7 Å². The fraction of sp³-hybridized carbons (Fsp3) is 0.174. The first kappa shape index (κ1) is 17.9. The number of aromatic amines is 1. The summed E-state index contributed by atoms with van der Waals surface area (Å²) in [7, 11) is 0. The summed E-state index contributed by atoms with van der Waals surface area (Å²) in [6.45, 7) is 2.09. The molecule has 5 heteroatoms. The fourth-order valence-corrected chi connectivity index (χ4v) is 3.42. The number of aromatic nitrogens is 3. The molecule has 0 aliphatic rings. The van der Waals surface area contributed by atoms with E-state index in [9.17, 15) is 4.79 Å². The maximum absolute atomic E-state index is 12.2. The van der Waals surface area contributed by atoms with Crippen molar-refractivity contribution in [2.75, 3.05) is 5.32 Å². The molecule has 0 unspecified atom stereocenters. The molecule has 28 heavy (non-hydrogen) atoms. The van der Waals surface area contributed by atoms with Crippen molar-refractivity contribution in [3.63, 3.8) is 0 Å². The van der Waals surface area contributed by atoms with Gasteiger partial charge in [-0.2, -0.15) is 0 Å². The van der Waals surface area contributed by atoms with Crippen LogP contribution < -0.4 is 5.32 Å². The van der Waals surface area contributed by atoms with Gasteiger partial charge in [-0.15, -0.1) is 0 Å². The minimum atomic E-state index is -0.0193. The maximum Gasteiger partial charge on any atom is 0.225 e. The minimum absolute atomic E-state index is 0.0193. The number of fused-ring (bicyclic) bond motifs is 1. The first-order valence-corrected chi connectivity index (χ1v) is 9.44. The summed E-state index contributed by atoms with van der Waals surface area (Å²) < 4.78 is 0. The van der Waals surface area contributed by atoms with Gasteiger partial charge in [-0.05, 0) is 61.7 Å². The highest BCUT2D eigenvalue weighted by molar-refractivity contribution is 5.91. The number of benzene rings is 1. The lowest BCUT2D eigenvalue weighted by Crippen LogP contribution is -2.12.